The van der Waals surface area contributed by atoms with Crippen molar-refractivity contribution in [3.63, 3.8) is 0 Å². The number of hydrogen-bond acceptors (Lipinski definition) is 4. The Morgan fingerprint density at radius 2 is 1.71 bits per heavy atom. The third kappa shape index (κ3) is 3.34. The van der Waals surface area contributed by atoms with E-state index in [1.807, 2.05) is 0 Å². The minimum absolute atomic E-state index is 0.191. The molecule has 0 bridgehead atoms. The molecule has 2 aromatic rings. The highest BCUT2D eigenvalue weighted by Gasteiger charge is 2.08. The molecular weight excluding hydrogens is 266 g/mol. The van der Waals surface area contributed by atoms with Crippen LogP contribution in [0.4, 0.5) is 0 Å². The first-order valence-corrected chi connectivity index (χ1v) is 6.31. The van der Waals surface area contributed by atoms with E-state index in [2.05, 4.69) is 6.07 Å². The lowest BCUT2D eigenvalue weighted by Gasteiger charge is -2.09. The highest BCUT2D eigenvalue weighted by atomic mass is 16.5. The maximum atomic E-state index is 9.35. The molecule has 0 unspecified atom stereocenters. The van der Waals surface area contributed by atoms with Gasteiger partial charge in [-0.25, -0.2) is 0 Å². The number of hydrogen-bond donors (Lipinski definition) is 1. The summed E-state index contributed by atoms with van der Waals surface area (Å²) < 4.78 is 10.4. The number of phenolic OH excluding ortho intramolecular Hbond substituents is 1. The molecule has 0 amide bonds. The van der Waals surface area contributed by atoms with E-state index >= 15 is 0 Å². The Kier molecular flexibility index (Phi) is 4.47. The van der Waals surface area contributed by atoms with Crippen LogP contribution in [0.25, 0.3) is 11.6 Å². The van der Waals surface area contributed by atoms with Crippen LogP contribution in [0.1, 0.15) is 11.1 Å². The van der Waals surface area contributed by atoms with Gasteiger partial charge in [0.25, 0.3) is 0 Å². The number of nitrogens with zero attached hydrogens (tertiary/aromatic N) is 1. The summed E-state index contributed by atoms with van der Waals surface area (Å²) in [5, 5.41) is 18.6. The van der Waals surface area contributed by atoms with Crippen molar-refractivity contribution in [2.75, 3.05) is 14.2 Å². The van der Waals surface area contributed by atoms with Crippen molar-refractivity contribution in [1.29, 1.82) is 5.26 Å². The maximum absolute atomic E-state index is 9.35. The summed E-state index contributed by atoms with van der Waals surface area (Å²) in [6.45, 7) is 0. The molecule has 0 atom stereocenters. The lowest BCUT2D eigenvalue weighted by molar-refractivity contribution is 0.355. The van der Waals surface area contributed by atoms with E-state index in [9.17, 15) is 10.4 Å². The second-order valence-electron chi connectivity index (χ2n) is 4.33. The molecule has 0 fully saturated rings. The highest BCUT2D eigenvalue weighted by Crippen LogP contribution is 2.30. The van der Waals surface area contributed by atoms with Gasteiger partial charge >= 0.3 is 0 Å². The van der Waals surface area contributed by atoms with Gasteiger partial charge in [-0.15, -0.1) is 0 Å². The van der Waals surface area contributed by atoms with Crippen LogP contribution >= 0.6 is 0 Å². The summed E-state index contributed by atoms with van der Waals surface area (Å²) in [6.07, 6.45) is 1.75. The molecule has 21 heavy (non-hydrogen) atoms. The minimum atomic E-state index is 0.191. The van der Waals surface area contributed by atoms with Crippen LogP contribution in [0.2, 0.25) is 0 Å². The van der Waals surface area contributed by atoms with Crippen LogP contribution in [-0.2, 0) is 0 Å². The molecule has 2 rings (SSSR count). The van der Waals surface area contributed by atoms with E-state index in [0.717, 1.165) is 11.1 Å². The fraction of sp³-hybridized carbons (Fsp3) is 0.118. The maximum Gasteiger partial charge on any atom is 0.161 e. The molecule has 1 N–H and O–H groups in total. The van der Waals surface area contributed by atoms with E-state index in [4.69, 9.17) is 9.47 Å². The van der Waals surface area contributed by atoms with E-state index < -0.39 is 0 Å². The minimum Gasteiger partial charge on any atom is -0.508 e. The summed E-state index contributed by atoms with van der Waals surface area (Å²) in [4.78, 5) is 0. The fourth-order valence-corrected chi connectivity index (χ4v) is 1.92. The average Bonchev–Trinajstić information content (AvgIpc) is 2.53. The van der Waals surface area contributed by atoms with Gasteiger partial charge in [0, 0.05) is 0 Å². The number of nitriles is 1. The monoisotopic (exact) mass is 281 g/mol. The fourth-order valence-electron chi connectivity index (χ4n) is 1.92. The molecule has 4 nitrogen and oxygen atoms in total. The van der Waals surface area contributed by atoms with Crippen LogP contribution in [-0.4, -0.2) is 19.3 Å². The van der Waals surface area contributed by atoms with Crippen LogP contribution < -0.4 is 9.47 Å². The molecule has 0 aromatic heterocycles. The smallest absolute Gasteiger partial charge is 0.161 e. The van der Waals surface area contributed by atoms with Crippen LogP contribution in [0, 0.1) is 11.3 Å². The first-order valence-electron chi connectivity index (χ1n) is 6.31. The standard InChI is InChI=1S/C17H15NO3/c1-20-16-8-5-13(10-17(16)21-2)14(11-18)9-12-3-6-15(19)7-4-12/h3-10,19H,1-2H3. The van der Waals surface area contributed by atoms with Gasteiger partial charge in [-0.2, -0.15) is 5.26 Å². The summed E-state index contributed by atoms with van der Waals surface area (Å²) in [5.41, 5.74) is 2.07. The Morgan fingerprint density at radius 1 is 1.05 bits per heavy atom. The molecule has 0 aliphatic carbocycles. The first-order chi connectivity index (χ1) is 10.2. The molecule has 0 saturated carbocycles. The second-order valence-corrected chi connectivity index (χ2v) is 4.33. The molecule has 2 aromatic carbocycles. The molecule has 0 radical (unpaired) electrons. The van der Waals surface area contributed by atoms with Gasteiger partial charge in [0.1, 0.15) is 5.75 Å². The Bertz CT molecular complexity index is 697. The molecular formula is C17H15NO3. The number of benzene rings is 2. The van der Waals surface area contributed by atoms with E-state index in [0.29, 0.717) is 17.1 Å². The highest BCUT2D eigenvalue weighted by molar-refractivity contribution is 5.90. The van der Waals surface area contributed by atoms with Crippen molar-refractivity contribution in [3.8, 4) is 23.3 Å². The number of methoxy groups -OCH3 is 2. The number of ether oxygens (including phenoxy) is 2. The lowest BCUT2D eigenvalue weighted by atomic mass is 10.0. The Hall–Kier alpha value is -2.93. The van der Waals surface area contributed by atoms with Gasteiger partial charge in [0.2, 0.25) is 0 Å². The average molecular weight is 281 g/mol. The molecule has 106 valence electrons. The SMILES string of the molecule is COc1ccc(C(C#N)=Cc2ccc(O)cc2)cc1OC. The van der Waals surface area contributed by atoms with Gasteiger partial charge in [0.05, 0.1) is 25.9 Å². The van der Waals surface area contributed by atoms with Crippen molar-refractivity contribution in [3.05, 3.63) is 53.6 Å². The summed E-state index contributed by atoms with van der Waals surface area (Å²) in [5.74, 6) is 1.38. The Labute approximate surface area is 123 Å². The Morgan fingerprint density at radius 3 is 2.29 bits per heavy atom. The summed E-state index contributed by atoms with van der Waals surface area (Å²) >= 11 is 0. The van der Waals surface area contributed by atoms with Gasteiger partial charge in [-0.3, -0.25) is 0 Å². The van der Waals surface area contributed by atoms with Gasteiger partial charge < -0.3 is 14.6 Å². The quantitative estimate of drug-likeness (QED) is 0.688. The first kappa shape index (κ1) is 14.5. The summed E-state index contributed by atoms with van der Waals surface area (Å²) in [7, 11) is 3.12. The van der Waals surface area contributed by atoms with Crippen LogP contribution in [0.3, 0.4) is 0 Å². The predicted octanol–water partition coefficient (Wildman–Crippen LogP) is 3.47. The zero-order valence-corrected chi connectivity index (χ0v) is 11.8. The zero-order valence-electron chi connectivity index (χ0n) is 11.8. The Balaban J connectivity index is 2.42. The van der Waals surface area contributed by atoms with E-state index in [1.54, 1.807) is 62.8 Å². The zero-order chi connectivity index (χ0) is 15.2. The van der Waals surface area contributed by atoms with Crippen LogP contribution in [0.15, 0.2) is 42.5 Å². The van der Waals surface area contributed by atoms with Crippen molar-refractivity contribution in [2.24, 2.45) is 0 Å². The number of rotatable bonds is 4. The van der Waals surface area contributed by atoms with Crippen molar-refractivity contribution in [1.82, 2.24) is 0 Å². The third-order valence-corrected chi connectivity index (χ3v) is 3.02. The lowest BCUT2D eigenvalue weighted by Crippen LogP contribution is -1.92. The van der Waals surface area contributed by atoms with Gasteiger partial charge in [0.15, 0.2) is 11.5 Å². The molecule has 4 heteroatoms. The number of aromatic hydroxyl groups is 1. The van der Waals surface area contributed by atoms with E-state index in [1.165, 1.54) is 0 Å². The molecule has 0 aliphatic rings. The third-order valence-electron chi connectivity index (χ3n) is 3.02. The largest absolute Gasteiger partial charge is 0.508 e. The molecule has 0 spiro atoms. The van der Waals surface area contributed by atoms with Crippen molar-refractivity contribution in [2.45, 2.75) is 0 Å². The van der Waals surface area contributed by atoms with Crippen LogP contribution in [0.5, 0.6) is 17.2 Å². The molecule has 0 heterocycles. The second kappa shape index (κ2) is 6.49. The summed E-state index contributed by atoms with van der Waals surface area (Å²) in [6, 6.07) is 14.1. The van der Waals surface area contributed by atoms with Gasteiger partial charge in [-0.1, -0.05) is 12.1 Å². The topological polar surface area (TPSA) is 62.5 Å². The van der Waals surface area contributed by atoms with Crippen molar-refractivity contribution < 1.29 is 14.6 Å². The van der Waals surface area contributed by atoms with Gasteiger partial charge in [-0.05, 0) is 47.5 Å². The number of phenols is 1. The number of allylic oxidation sites excluding steroid dienone is 1. The molecule has 0 saturated heterocycles. The van der Waals surface area contributed by atoms with E-state index in [-0.39, 0.29) is 5.75 Å². The normalized spacial score (nSPS) is 10.8. The van der Waals surface area contributed by atoms with Crippen molar-refractivity contribution >= 4 is 11.6 Å². The predicted molar refractivity (Wildman–Crippen MR) is 81.1 cm³/mol. The molecule has 0 aliphatic heterocycles.